The molecular formula is C11H23NO3. The highest BCUT2D eigenvalue weighted by atomic mass is 16.6. The van der Waals surface area contributed by atoms with Gasteiger partial charge in [-0.15, -0.1) is 0 Å². The highest BCUT2D eigenvalue weighted by Gasteiger charge is 2.10. The van der Waals surface area contributed by atoms with Crippen molar-refractivity contribution in [2.24, 2.45) is 0 Å². The van der Waals surface area contributed by atoms with Crippen molar-refractivity contribution in [2.45, 2.75) is 51.7 Å². The van der Waals surface area contributed by atoms with E-state index in [-0.39, 0.29) is 6.23 Å². The quantitative estimate of drug-likeness (QED) is 0.502. The minimum Gasteiger partial charge on any atom is -0.453 e. The van der Waals surface area contributed by atoms with Gasteiger partial charge in [0.15, 0.2) is 0 Å². The van der Waals surface area contributed by atoms with Crippen LogP contribution in [0.25, 0.3) is 0 Å². The maximum absolute atomic E-state index is 10.9. The lowest BCUT2D eigenvalue weighted by Gasteiger charge is -2.15. The number of carbonyl (C=O) groups excluding carboxylic acids is 1. The standard InChI is InChI=1S/C11H23NO3/c1-4-5-6-7-8-9-10(14-2)12-11(13)15-3/h10H,4-9H2,1-3H3,(H,12,13). The molecule has 1 atom stereocenters. The highest BCUT2D eigenvalue weighted by molar-refractivity contribution is 5.67. The first-order valence-electron chi connectivity index (χ1n) is 5.61. The van der Waals surface area contributed by atoms with E-state index in [2.05, 4.69) is 17.0 Å². The fraction of sp³-hybridized carbons (Fsp3) is 0.909. The van der Waals surface area contributed by atoms with Gasteiger partial charge in [-0.1, -0.05) is 32.6 Å². The number of nitrogens with one attached hydrogen (secondary N) is 1. The number of methoxy groups -OCH3 is 2. The Balaban J connectivity index is 3.48. The SMILES string of the molecule is CCCCCCCC(NC(=O)OC)OC. The molecule has 1 unspecified atom stereocenters. The molecule has 0 aromatic heterocycles. The van der Waals surface area contributed by atoms with Gasteiger partial charge in [0.05, 0.1) is 7.11 Å². The molecule has 0 heterocycles. The Kier molecular flexibility index (Phi) is 9.27. The zero-order valence-electron chi connectivity index (χ0n) is 10.0. The molecule has 4 heteroatoms. The molecule has 0 rings (SSSR count). The number of amides is 1. The average molecular weight is 217 g/mol. The molecule has 0 aliphatic rings. The largest absolute Gasteiger partial charge is 0.453 e. The Labute approximate surface area is 92.3 Å². The van der Waals surface area contributed by atoms with Crippen LogP contribution in [-0.4, -0.2) is 26.5 Å². The second-order valence-corrected chi connectivity index (χ2v) is 3.56. The van der Waals surface area contributed by atoms with Crippen LogP contribution in [0.1, 0.15) is 45.4 Å². The van der Waals surface area contributed by atoms with Gasteiger partial charge in [-0.25, -0.2) is 4.79 Å². The molecule has 0 fully saturated rings. The van der Waals surface area contributed by atoms with E-state index in [1.54, 1.807) is 7.11 Å². The first-order chi connectivity index (χ1) is 7.24. The highest BCUT2D eigenvalue weighted by Crippen LogP contribution is 2.07. The first-order valence-corrected chi connectivity index (χ1v) is 5.61. The van der Waals surface area contributed by atoms with Gasteiger partial charge in [-0.3, -0.25) is 5.32 Å². The maximum Gasteiger partial charge on any atom is 0.408 e. The van der Waals surface area contributed by atoms with Crippen molar-refractivity contribution in [1.29, 1.82) is 0 Å². The van der Waals surface area contributed by atoms with Crippen molar-refractivity contribution in [3.8, 4) is 0 Å². The Hall–Kier alpha value is -0.770. The van der Waals surface area contributed by atoms with Gasteiger partial charge < -0.3 is 9.47 Å². The van der Waals surface area contributed by atoms with Crippen LogP contribution in [0.4, 0.5) is 4.79 Å². The monoisotopic (exact) mass is 217 g/mol. The fourth-order valence-electron chi connectivity index (χ4n) is 1.37. The number of hydrogen-bond acceptors (Lipinski definition) is 3. The molecule has 0 aromatic rings. The predicted molar refractivity (Wildman–Crippen MR) is 59.7 cm³/mol. The van der Waals surface area contributed by atoms with Gasteiger partial charge in [0, 0.05) is 7.11 Å². The molecule has 90 valence electrons. The molecule has 1 N–H and O–H groups in total. The molecule has 0 aliphatic heterocycles. The summed E-state index contributed by atoms with van der Waals surface area (Å²) in [5.74, 6) is 0. The maximum atomic E-state index is 10.9. The van der Waals surface area contributed by atoms with E-state index in [1.807, 2.05) is 0 Å². The van der Waals surface area contributed by atoms with Gasteiger partial charge in [-0.05, 0) is 12.8 Å². The van der Waals surface area contributed by atoms with E-state index >= 15 is 0 Å². The topological polar surface area (TPSA) is 47.6 Å². The van der Waals surface area contributed by atoms with Crippen LogP contribution in [0.2, 0.25) is 0 Å². The summed E-state index contributed by atoms with van der Waals surface area (Å²) in [6, 6.07) is 0. The third-order valence-corrected chi connectivity index (χ3v) is 2.32. The van der Waals surface area contributed by atoms with Gasteiger partial charge in [0.1, 0.15) is 6.23 Å². The van der Waals surface area contributed by atoms with Crippen LogP contribution in [0.5, 0.6) is 0 Å². The normalized spacial score (nSPS) is 12.2. The minimum absolute atomic E-state index is 0.223. The van der Waals surface area contributed by atoms with E-state index in [0.29, 0.717) is 0 Å². The average Bonchev–Trinajstić information content (AvgIpc) is 2.26. The van der Waals surface area contributed by atoms with Crippen LogP contribution < -0.4 is 5.32 Å². The summed E-state index contributed by atoms with van der Waals surface area (Å²) in [7, 11) is 2.94. The van der Waals surface area contributed by atoms with Crippen molar-refractivity contribution in [3.63, 3.8) is 0 Å². The molecule has 0 aromatic carbocycles. The van der Waals surface area contributed by atoms with E-state index in [1.165, 1.54) is 32.8 Å². The third-order valence-electron chi connectivity index (χ3n) is 2.32. The van der Waals surface area contributed by atoms with Gasteiger partial charge in [0.25, 0.3) is 0 Å². The number of ether oxygens (including phenoxy) is 2. The summed E-state index contributed by atoms with van der Waals surface area (Å²) in [5, 5.41) is 2.62. The van der Waals surface area contributed by atoms with Crippen molar-refractivity contribution in [2.75, 3.05) is 14.2 Å². The Morgan fingerprint density at radius 2 is 1.87 bits per heavy atom. The summed E-state index contributed by atoms with van der Waals surface area (Å²) >= 11 is 0. The molecule has 0 radical (unpaired) electrons. The number of rotatable bonds is 8. The Morgan fingerprint density at radius 1 is 1.20 bits per heavy atom. The van der Waals surface area contributed by atoms with Crippen LogP contribution in [0, 0.1) is 0 Å². The lowest BCUT2D eigenvalue weighted by molar-refractivity contribution is 0.0594. The molecule has 0 bridgehead atoms. The summed E-state index contributed by atoms with van der Waals surface area (Å²) in [6.07, 6.45) is 6.23. The summed E-state index contributed by atoms with van der Waals surface area (Å²) in [4.78, 5) is 10.9. The summed E-state index contributed by atoms with van der Waals surface area (Å²) < 4.78 is 9.61. The van der Waals surface area contributed by atoms with Crippen LogP contribution in [0.15, 0.2) is 0 Å². The number of hydrogen-bond donors (Lipinski definition) is 1. The minimum atomic E-state index is -0.435. The molecule has 0 saturated heterocycles. The zero-order chi connectivity index (χ0) is 11.5. The fourth-order valence-corrected chi connectivity index (χ4v) is 1.37. The van der Waals surface area contributed by atoms with E-state index in [4.69, 9.17) is 4.74 Å². The van der Waals surface area contributed by atoms with Crippen LogP contribution in [-0.2, 0) is 9.47 Å². The predicted octanol–water partition coefficient (Wildman–Crippen LogP) is 2.68. The van der Waals surface area contributed by atoms with Crippen molar-refractivity contribution < 1.29 is 14.3 Å². The number of alkyl carbamates (subject to hydrolysis) is 1. The molecule has 0 spiro atoms. The number of unbranched alkanes of at least 4 members (excludes halogenated alkanes) is 4. The van der Waals surface area contributed by atoms with Crippen LogP contribution in [0.3, 0.4) is 0 Å². The third kappa shape index (κ3) is 8.24. The van der Waals surface area contributed by atoms with Gasteiger partial charge in [-0.2, -0.15) is 0 Å². The van der Waals surface area contributed by atoms with Crippen molar-refractivity contribution >= 4 is 6.09 Å². The summed E-state index contributed by atoms with van der Waals surface area (Å²) in [5.41, 5.74) is 0. The van der Waals surface area contributed by atoms with Crippen molar-refractivity contribution in [1.82, 2.24) is 5.32 Å². The van der Waals surface area contributed by atoms with E-state index in [9.17, 15) is 4.79 Å². The smallest absolute Gasteiger partial charge is 0.408 e. The molecule has 0 saturated carbocycles. The lowest BCUT2D eigenvalue weighted by atomic mass is 10.1. The molecule has 15 heavy (non-hydrogen) atoms. The Bertz CT molecular complexity index is 162. The van der Waals surface area contributed by atoms with Crippen molar-refractivity contribution in [3.05, 3.63) is 0 Å². The molecular weight excluding hydrogens is 194 g/mol. The van der Waals surface area contributed by atoms with E-state index in [0.717, 1.165) is 12.8 Å². The molecule has 0 aliphatic carbocycles. The lowest BCUT2D eigenvalue weighted by Crippen LogP contribution is -2.35. The van der Waals surface area contributed by atoms with Gasteiger partial charge in [0.2, 0.25) is 0 Å². The van der Waals surface area contributed by atoms with E-state index < -0.39 is 6.09 Å². The number of carbonyl (C=O) groups is 1. The molecule has 1 amide bonds. The first kappa shape index (κ1) is 14.2. The second-order valence-electron chi connectivity index (χ2n) is 3.56. The summed E-state index contributed by atoms with van der Waals surface area (Å²) in [6.45, 7) is 2.19. The van der Waals surface area contributed by atoms with Gasteiger partial charge >= 0.3 is 6.09 Å². The molecule has 4 nitrogen and oxygen atoms in total. The van der Waals surface area contributed by atoms with Crippen LogP contribution >= 0.6 is 0 Å². The Morgan fingerprint density at radius 3 is 2.40 bits per heavy atom. The zero-order valence-corrected chi connectivity index (χ0v) is 10.0. The second kappa shape index (κ2) is 9.77.